The molecule has 0 saturated heterocycles. The van der Waals surface area contributed by atoms with Crippen LogP contribution in [0.3, 0.4) is 0 Å². The first-order chi connectivity index (χ1) is 14.3. The lowest BCUT2D eigenvalue weighted by Crippen LogP contribution is -1.91. The molecule has 29 heavy (non-hydrogen) atoms. The van der Waals surface area contributed by atoms with E-state index in [2.05, 4.69) is 74.9 Å². The van der Waals surface area contributed by atoms with Crippen LogP contribution in [0.5, 0.6) is 0 Å². The summed E-state index contributed by atoms with van der Waals surface area (Å²) in [5, 5.41) is 8.02. The number of hydrogen-bond donors (Lipinski definition) is 0. The quantitative estimate of drug-likeness (QED) is 0.193. The van der Waals surface area contributed by atoms with Crippen LogP contribution in [0.15, 0.2) is 79.0 Å². The van der Waals surface area contributed by atoms with Crippen LogP contribution < -0.4 is 0 Å². The van der Waals surface area contributed by atoms with Gasteiger partial charge in [-0.15, -0.1) is 0 Å². The van der Waals surface area contributed by atoms with E-state index in [1.165, 1.54) is 21.5 Å². The Hall–Kier alpha value is -4.34. The number of benzene rings is 4. The minimum Gasteiger partial charge on any atom is -0.316 e. The van der Waals surface area contributed by atoms with E-state index >= 15 is 0 Å². The molecule has 0 spiro atoms. The molecule has 0 aliphatic heterocycles. The molecule has 0 N–H and O–H groups in total. The molecule has 3 heteroatoms. The molecule has 0 radical (unpaired) electrons. The normalized spacial score (nSPS) is 11.4. The second-order valence-electron chi connectivity index (χ2n) is 7.23. The lowest BCUT2D eigenvalue weighted by Gasteiger charge is -2.13. The molecule has 0 aliphatic rings. The first-order valence-corrected chi connectivity index (χ1v) is 9.36. The van der Waals surface area contributed by atoms with E-state index in [9.17, 15) is 0 Å². The molecule has 2 aromatic heterocycles. The van der Waals surface area contributed by atoms with Gasteiger partial charge >= 0.3 is 0 Å². The highest BCUT2D eigenvalue weighted by atomic mass is 14.9. The fourth-order valence-electron chi connectivity index (χ4n) is 4.51. The summed E-state index contributed by atoms with van der Waals surface area (Å²) in [6.45, 7) is 15.0. The zero-order chi connectivity index (χ0) is 19.5. The maximum absolute atomic E-state index is 7.53. The molecule has 6 aromatic rings. The number of fused-ring (bicyclic) bond motifs is 10. The van der Waals surface area contributed by atoms with Gasteiger partial charge in [0.2, 0.25) is 0 Å². The number of aromatic nitrogens is 1. The van der Waals surface area contributed by atoms with Gasteiger partial charge in [0, 0.05) is 27.9 Å². The standard InChI is InChI=1S/C26H13N3/c1-27-22-13-21-20-12-11-16-7-3-5-9-18(16)25(20)26-19-10-6-4-8-17(19)15-29(26)24(21)14-23(22)28-2/h3-15H. The Morgan fingerprint density at radius 3 is 2.10 bits per heavy atom. The average Bonchev–Trinajstić information content (AvgIpc) is 3.17. The Morgan fingerprint density at radius 2 is 1.31 bits per heavy atom. The van der Waals surface area contributed by atoms with Gasteiger partial charge in [0.1, 0.15) is 0 Å². The van der Waals surface area contributed by atoms with Gasteiger partial charge in [-0.1, -0.05) is 66.7 Å². The predicted molar refractivity (Wildman–Crippen MR) is 120 cm³/mol. The average molecular weight is 367 g/mol. The lowest BCUT2D eigenvalue weighted by atomic mass is 9.97. The van der Waals surface area contributed by atoms with Crippen molar-refractivity contribution in [3.63, 3.8) is 0 Å². The molecule has 2 heterocycles. The molecule has 132 valence electrons. The van der Waals surface area contributed by atoms with Crippen molar-refractivity contribution in [1.82, 2.24) is 4.40 Å². The Bertz CT molecular complexity index is 1720. The van der Waals surface area contributed by atoms with Crippen molar-refractivity contribution in [2.45, 2.75) is 0 Å². The number of rotatable bonds is 0. The van der Waals surface area contributed by atoms with Crippen LogP contribution in [0.25, 0.3) is 58.4 Å². The van der Waals surface area contributed by atoms with Gasteiger partial charge in [-0.3, -0.25) is 9.69 Å². The maximum Gasteiger partial charge on any atom is 0.196 e. The zero-order valence-corrected chi connectivity index (χ0v) is 15.3. The number of pyridine rings is 1. The van der Waals surface area contributed by atoms with Crippen molar-refractivity contribution in [2.75, 3.05) is 0 Å². The van der Waals surface area contributed by atoms with Crippen LogP contribution in [0.4, 0.5) is 11.4 Å². The van der Waals surface area contributed by atoms with Gasteiger partial charge in [-0.2, -0.15) is 0 Å². The fraction of sp³-hybridized carbons (Fsp3) is 0. The molecule has 0 saturated carbocycles. The van der Waals surface area contributed by atoms with Crippen LogP contribution in [0.2, 0.25) is 0 Å². The summed E-state index contributed by atoms with van der Waals surface area (Å²) in [5.74, 6) is 0. The molecule has 6 rings (SSSR count). The van der Waals surface area contributed by atoms with E-state index in [4.69, 9.17) is 13.1 Å². The molecule has 0 aliphatic carbocycles. The Balaban J connectivity index is 2.04. The minimum absolute atomic E-state index is 0.395. The van der Waals surface area contributed by atoms with Gasteiger partial charge < -0.3 is 4.40 Å². The van der Waals surface area contributed by atoms with Gasteiger partial charge in [-0.05, 0) is 27.6 Å². The molecule has 0 amide bonds. The van der Waals surface area contributed by atoms with E-state index in [-0.39, 0.29) is 0 Å². The van der Waals surface area contributed by atoms with Crippen LogP contribution >= 0.6 is 0 Å². The zero-order valence-electron chi connectivity index (χ0n) is 15.3. The molecule has 0 atom stereocenters. The maximum atomic E-state index is 7.53. The van der Waals surface area contributed by atoms with Crippen LogP contribution in [-0.4, -0.2) is 4.40 Å². The SMILES string of the molecule is [C-]#[N+]c1cc2c3ccc4ccccc4c3c3c4ccccc4cn3c2cc1[N+]#[C-]. The second kappa shape index (κ2) is 5.58. The van der Waals surface area contributed by atoms with E-state index < -0.39 is 0 Å². The van der Waals surface area contributed by atoms with Crippen LogP contribution in [-0.2, 0) is 0 Å². The highest BCUT2D eigenvalue weighted by Crippen LogP contribution is 2.42. The van der Waals surface area contributed by atoms with Crippen molar-refractivity contribution < 1.29 is 0 Å². The number of nitrogens with zero attached hydrogens (tertiary/aromatic N) is 3. The number of hydrogen-bond acceptors (Lipinski definition) is 0. The van der Waals surface area contributed by atoms with E-state index in [1.807, 2.05) is 18.2 Å². The van der Waals surface area contributed by atoms with E-state index in [1.54, 1.807) is 0 Å². The molecule has 0 unspecified atom stereocenters. The fourth-order valence-corrected chi connectivity index (χ4v) is 4.51. The van der Waals surface area contributed by atoms with Crippen LogP contribution in [0, 0.1) is 13.1 Å². The van der Waals surface area contributed by atoms with Crippen molar-refractivity contribution in [3.8, 4) is 0 Å². The lowest BCUT2D eigenvalue weighted by molar-refractivity contribution is 1.30. The minimum atomic E-state index is 0.395. The van der Waals surface area contributed by atoms with Gasteiger partial charge in [0.15, 0.2) is 11.4 Å². The Labute approximate surface area is 166 Å². The first-order valence-electron chi connectivity index (χ1n) is 9.36. The smallest absolute Gasteiger partial charge is 0.196 e. The third-order valence-corrected chi connectivity index (χ3v) is 5.77. The summed E-state index contributed by atoms with van der Waals surface area (Å²) in [6.07, 6.45) is 2.14. The second-order valence-corrected chi connectivity index (χ2v) is 7.23. The summed E-state index contributed by atoms with van der Waals surface area (Å²) >= 11 is 0. The predicted octanol–water partition coefficient (Wildman–Crippen LogP) is 7.65. The van der Waals surface area contributed by atoms with Crippen molar-refractivity contribution in [1.29, 1.82) is 0 Å². The Morgan fingerprint density at radius 1 is 0.621 bits per heavy atom. The molecule has 3 nitrogen and oxygen atoms in total. The van der Waals surface area contributed by atoms with Gasteiger partial charge in [0.05, 0.1) is 18.7 Å². The van der Waals surface area contributed by atoms with Crippen molar-refractivity contribution in [3.05, 3.63) is 102 Å². The molecular weight excluding hydrogens is 354 g/mol. The van der Waals surface area contributed by atoms with Gasteiger partial charge in [0.25, 0.3) is 0 Å². The summed E-state index contributed by atoms with van der Waals surface area (Å²) in [5.41, 5.74) is 2.90. The molecule has 4 aromatic carbocycles. The van der Waals surface area contributed by atoms with E-state index in [0.717, 1.165) is 27.2 Å². The van der Waals surface area contributed by atoms with Crippen molar-refractivity contribution >= 4 is 60.1 Å². The summed E-state index contributed by atoms with van der Waals surface area (Å²) in [4.78, 5) is 7.22. The third-order valence-electron chi connectivity index (χ3n) is 5.77. The highest BCUT2D eigenvalue weighted by molar-refractivity contribution is 6.27. The summed E-state index contributed by atoms with van der Waals surface area (Å²) in [6, 6.07) is 24.8. The van der Waals surface area contributed by atoms with Crippen molar-refractivity contribution in [2.24, 2.45) is 0 Å². The molecule has 0 fully saturated rings. The molecule has 0 bridgehead atoms. The first kappa shape index (κ1) is 15.7. The largest absolute Gasteiger partial charge is 0.316 e. The molecular formula is C26H13N3. The third kappa shape index (κ3) is 1.99. The highest BCUT2D eigenvalue weighted by Gasteiger charge is 2.16. The topological polar surface area (TPSA) is 13.1 Å². The van der Waals surface area contributed by atoms with Gasteiger partial charge in [-0.25, -0.2) is 0 Å². The van der Waals surface area contributed by atoms with Crippen LogP contribution in [0.1, 0.15) is 0 Å². The monoisotopic (exact) mass is 367 g/mol. The Kier molecular flexibility index (Phi) is 3.02. The summed E-state index contributed by atoms with van der Waals surface area (Å²) in [7, 11) is 0. The van der Waals surface area contributed by atoms with E-state index in [0.29, 0.717) is 11.4 Å². The summed E-state index contributed by atoms with van der Waals surface area (Å²) < 4.78 is 2.19.